The van der Waals surface area contributed by atoms with E-state index in [-0.39, 0.29) is 10.6 Å². The number of hydrogen-bond donors (Lipinski definition) is 0. The van der Waals surface area contributed by atoms with Crippen LogP contribution in [0.15, 0.2) is 52.1 Å². The summed E-state index contributed by atoms with van der Waals surface area (Å²) in [4.78, 5) is 11.2. The average Bonchev–Trinajstić information content (AvgIpc) is 3.09. The summed E-state index contributed by atoms with van der Waals surface area (Å²) in [7, 11) is -3.76. The topological polar surface area (TPSA) is 111 Å². The van der Waals surface area contributed by atoms with Crippen molar-refractivity contribution in [2.24, 2.45) is 5.92 Å². The van der Waals surface area contributed by atoms with Crippen molar-refractivity contribution in [1.29, 1.82) is 0 Å². The fraction of sp³-hybridized carbons (Fsp3) is 0.412. The largest absolute Gasteiger partial charge is 0.304 e. The summed E-state index contributed by atoms with van der Waals surface area (Å²) in [6.45, 7) is 7.06. The minimum absolute atomic E-state index is 0.0642. The maximum atomic E-state index is 12.9. The Morgan fingerprint density at radius 3 is 2.75 bits per heavy atom. The van der Waals surface area contributed by atoms with Crippen LogP contribution < -0.4 is 0 Å². The van der Waals surface area contributed by atoms with Crippen molar-refractivity contribution in [3.8, 4) is 0 Å². The van der Waals surface area contributed by atoms with Crippen LogP contribution >= 0.6 is 11.8 Å². The Hall–Kier alpha value is -2.24. The smallest absolute Gasteiger partial charge is 0.284 e. The lowest BCUT2D eigenvalue weighted by Gasteiger charge is -2.29. The number of sulfonamides is 1. The molecule has 1 aromatic carbocycles. The summed E-state index contributed by atoms with van der Waals surface area (Å²) in [6, 6.07) is 4.00. The van der Waals surface area contributed by atoms with Crippen LogP contribution in [0.4, 0.5) is 5.69 Å². The number of rotatable bonds is 7. The quantitative estimate of drug-likeness (QED) is 0.382. The molecule has 0 spiro atoms. The van der Waals surface area contributed by atoms with Gasteiger partial charge in [0.1, 0.15) is 6.33 Å². The Morgan fingerprint density at radius 1 is 1.39 bits per heavy atom. The molecule has 1 aromatic heterocycles. The minimum atomic E-state index is -3.76. The van der Waals surface area contributed by atoms with E-state index in [0.717, 1.165) is 30.7 Å². The van der Waals surface area contributed by atoms with Gasteiger partial charge in [-0.2, -0.15) is 4.31 Å². The van der Waals surface area contributed by atoms with Crippen molar-refractivity contribution in [2.75, 3.05) is 13.1 Å². The molecule has 0 saturated carbocycles. The van der Waals surface area contributed by atoms with Gasteiger partial charge in [-0.15, -0.1) is 16.8 Å². The maximum Gasteiger partial charge on any atom is 0.284 e. The molecule has 1 aliphatic heterocycles. The molecule has 2 aromatic rings. The lowest BCUT2D eigenvalue weighted by atomic mass is 10.0. The SMILES string of the molecule is C=CCn1cnnc1Sc1ccc(S(=O)(=O)N2CCC(C)CC2)cc1[N+](=O)[O-]. The van der Waals surface area contributed by atoms with Gasteiger partial charge in [0.15, 0.2) is 5.16 Å². The van der Waals surface area contributed by atoms with Crippen LogP contribution in [0.2, 0.25) is 0 Å². The highest BCUT2D eigenvalue weighted by Crippen LogP contribution is 2.36. The van der Waals surface area contributed by atoms with E-state index >= 15 is 0 Å². The van der Waals surface area contributed by atoms with Gasteiger partial charge in [-0.05, 0) is 42.7 Å². The van der Waals surface area contributed by atoms with Gasteiger partial charge in [0, 0.05) is 25.7 Å². The van der Waals surface area contributed by atoms with Crippen LogP contribution in [0.1, 0.15) is 19.8 Å². The van der Waals surface area contributed by atoms with Gasteiger partial charge >= 0.3 is 0 Å². The molecular weight excluding hydrogens is 402 g/mol. The Morgan fingerprint density at radius 2 is 2.11 bits per heavy atom. The highest BCUT2D eigenvalue weighted by Gasteiger charge is 2.30. The van der Waals surface area contributed by atoms with Crippen molar-refractivity contribution in [3.05, 3.63) is 47.3 Å². The van der Waals surface area contributed by atoms with Gasteiger partial charge in [0.2, 0.25) is 10.0 Å². The van der Waals surface area contributed by atoms with Crippen molar-refractivity contribution in [2.45, 2.75) is 41.3 Å². The molecule has 150 valence electrons. The Bertz CT molecular complexity index is 981. The Kier molecular flexibility index (Phi) is 6.16. The molecule has 0 radical (unpaired) electrons. The third-order valence-corrected chi connectivity index (χ3v) is 7.57. The number of allylic oxidation sites excluding steroid dienone is 1. The van der Waals surface area contributed by atoms with E-state index in [0.29, 0.717) is 35.6 Å². The summed E-state index contributed by atoms with van der Waals surface area (Å²) in [5.41, 5.74) is -0.274. The lowest BCUT2D eigenvalue weighted by Crippen LogP contribution is -2.37. The van der Waals surface area contributed by atoms with Crippen LogP contribution in [0, 0.1) is 16.0 Å². The third kappa shape index (κ3) is 4.26. The van der Waals surface area contributed by atoms with Crippen LogP contribution in [-0.2, 0) is 16.6 Å². The molecule has 9 nitrogen and oxygen atoms in total. The molecule has 3 rings (SSSR count). The molecule has 0 N–H and O–H groups in total. The van der Waals surface area contributed by atoms with Gasteiger partial charge in [0.25, 0.3) is 5.69 Å². The minimum Gasteiger partial charge on any atom is -0.304 e. The predicted octanol–water partition coefficient (Wildman–Crippen LogP) is 2.94. The number of benzene rings is 1. The highest BCUT2D eigenvalue weighted by molar-refractivity contribution is 7.99. The molecule has 11 heteroatoms. The first-order valence-corrected chi connectivity index (χ1v) is 11.0. The molecule has 0 atom stereocenters. The fourth-order valence-electron chi connectivity index (χ4n) is 2.95. The first-order chi connectivity index (χ1) is 13.3. The molecule has 0 bridgehead atoms. The van der Waals surface area contributed by atoms with E-state index in [1.54, 1.807) is 10.6 Å². The molecule has 0 unspecified atom stereocenters. The second-order valence-electron chi connectivity index (χ2n) is 6.63. The average molecular weight is 424 g/mol. The number of aromatic nitrogens is 3. The fourth-order valence-corrected chi connectivity index (χ4v) is 5.33. The zero-order valence-corrected chi connectivity index (χ0v) is 17.0. The van der Waals surface area contributed by atoms with E-state index in [9.17, 15) is 18.5 Å². The normalized spacial score (nSPS) is 16.2. The summed E-state index contributed by atoms with van der Waals surface area (Å²) in [5, 5.41) is 19.8. The van der Waals surface area contributed by atoms with Gasteiger partial charge in [-0.25, -0.2) is 8.42 Å². The van der Waals surface area contributed by atoms with E-state index in [4.69, 9.17) is 0 Å². The molecule has 1 fully saturated rings. The molecule has 1 saturated heterocycles. The van der Waals surface area contributed by atoms with Gasteiger partial charge < -0.3 is 4.57 Å². The first kappa shape index (κ1) is 20.5. The van der Waals surface area contributed by atoms with Crippen LogP contribution in [0.25, 0.3) is 0 Å². The number of nitrogens with zero attached hydrogens (tertiary/aromatic N) is 5. The zero-order chi connectivity index (χ0) is 20.3. The van der Waals surface area contributed by atoms with Crippen molar-refractivity contribution >= 4 is 27.5 Å². The molecule has 1 aliphatic rings. The van der Waals surface area contributed by atoms with E-state index in [1.807, 2.05) is 0 Å². The van der Waals surface area contributed by atoms with Crippen molar-refractivity contribution in [3.63, 3.8) is 0 Å². The number of nitro groups is 1. The van der Waals surface area contributed by atoms with Gasteiger partial charge in [0.05, 0.1) is 14.7 Å². The number of piperidine rings is 1. The standard InChI is InChI=1S/C17H21N5O4S2/c1-3-8-20-12-18-19-17(20)27-16-5-4-14(11-15(16)22(23)24)28(25,26)21-9-6-13(2)7-10-21/h3-5,11-13H,1,6-10H2,2H3. The molecule has 28 heavy (non-hydrogen) atoms. The highest BCUT2D eigenvalue weighted by atomic mass is 32.2. The zero-order valence-electron chi connectivity index (χ0n) is 15.4. The van der Waals surface area contributed by atoms with Gasteiger partial charge in [-0.3, -0.25) is 10.1 Å². The monoisotopic (exact) mass is 423 g/mol. The van der Waals surface area contributed by atoms with Crippen molar-refractivity contribution in [1.82, 2.24) is 19.1 Å². The molecule has 0 aliphatic carbocycles. The van der Waals surface area contributed by atoms with Gasteiger partial charge in [-0.1, -0.05) is 13.0 Å². The Balaban J connectivity index is 1.92. The second-order valence-corrected chi connectivity index (χ2v) is 9.58. The number of nitro benzene ring substituents is 1. The molecule has 2 heterocycles. The molecule has 0 amide bonds. The summed E-state index contributed by atoms with van der Waals surface area (Å²) in [6.07, 6.45) is 4.74. The summed E-state index contributed by atoms with van der Waals surface area (Å²) < 4.78 is 28.9. The Labute approximate surface area is 167 Å². The van der Waals surface area contributed by atoms with Crippen LogP contribution in [0.3, 0.4) is 0 Å². The first-order valence-electron chi connectivity index (χ1n) is 8.78. The summed E-state index contributed by atoms with van der Waals surface area (Å²) in [5.74, 6) is 0.479. The van der Waals surface area contributed by atoms with Crippen LogP contribution in [-0.4, -0.2) is 45.5 Å². The maximum absolute atomic E-state index is 12.9. The van der Waals surface area contributed by atoms with E-state index in [1.165, 1.54) is 22.8 Å². The van der Waals surface area contributed by atoms with E-state index < -0.39 is 14.9 Å². The van der Waals surface area contributed by atoms with Crippen molar-refractivity contribution < 1.29 is 13.3 Å². The number of hydrogen-bond acceptors (Lipinski definition) is 7. The predicted molar refractivity (Wildman–Crippen MR) is 105 cm³/mol. The molecular formula is C17H21N5O4S2. The second kappa shape index (κ2) is 8.41. The van der Waals surface area contributed by atoms with E-state index in [2.05, 4.69) is 23.7 Å². The third-order valence-electron chi connectivity index (χ3n) is 4.61. The van der Waals surface area contributed by atoms with Crippen LogP contribution in [0.5, 0.6) is 0 Å². The lowest BCUT2D eigenvalue weighted by molar-refractivity contribution is -0.388. The summed E-state index contributed by atoms with van der Waals surface area (Å²) >= 11 is 1.06.